The lowest BCUT2D eigenvalue weighted by atomic mass is 9.81. The number of fused-ring (bicyclic) bond motifs is 6. The van der Waals surface area contributed by atoms with Crippen LogP contribution in [0, 0.1) is 11.8 Å². The SMILES string of the molecule is C1=CC2C=CC(c3ccc(-c4c5ccccc5c(-c5ccc6sc7ccccc7c6c5)c5ccccc45)cc3)=CC2C=C1. The Balaban J connectivity index is 1.22. The van der Waals surface area contributed by atoms with E-state index in [1.165, 1.54) is 75.1 Å². The van der Waals surface area contributed by atoms with Gasteiger partial charge in [0.15, 0.2) is 0 Å². The standard InChI is InChI=1S/C42H28S/c1-2-10-30-25-31(22-19-27(30)9-1)28-17-20-29(21-18-28)41-34-12-3-5-14-36(34)42(37-15-6-4-13-35(37)41)32-23-24-40-38(26-32)33-11-7-8-16-39(33)43-40/h1-27,30H. The lowest BCUT2D eigenvalue weighted by Crippen LogP contribution is -2.11. The molecule has 1 heterocycles. The minimum absolute atomic E-state index is 0.441. The molecule has 9 rings (SSSR count). The highest BCUT2D eigenvalue weighted by molar-refractivity contribution is 7.25. The van der Waals surface area contributed by atoms with Crippen molar-refractivity contribution in [2.24, 2.45) is 11.8 Å². The Kier molecular flexibility index (Phi) is 5.61. The lowest BCUT2D eigenvalue weighted by molar-refractivity contribution is 0.663. The average Bonchev–Trinajstić information content (AvgIpc) is 3.45. The minimum atomic E-state index is 0.441. The molecule has 2 aliphatic rings. The Morgan fingerprint density at radius 3 is 1.65 bits per heavy atom. The van der Waals surface area contributed by atoms with E-state index >= 15 is 0 Å². The first-order valence-corrected chi connectivity index (χ1v) is 15.8. The summed E-state index contributed by atoms with van der Waals surface area (Å²) in [6.07, 6.45) is 15.9. The van der Waals surface area contributed by atoms with Gasteiger partial charge in [-0.1, -0.05) is 140 Å². The number of hydrogen-bond donors (Lipinski definition) is 0. The maximum absolute atomic E-state index is 2.41. The molecule has 1 aromatic heterocycles. The summed E-state index contributed by atoms with van der Waals surface area (Å²) in [6, 6.07) is 42.9. The van der Waals surface area contributed by atoms with Crippen molar-refractivity contribution < 1.29 is 0 Å². The second kappa shape index (κ2) is 9.80. The first-order valence-electron chi connectivity index (χ1n) is 15.0. The molecule has 0 saturated heterocycles. The van der Waals surface area contributed by atoms with Gasteiger partial charge in [0.25, 0.3) is 0 Å². The quantitative estimate of drug-likeness (QED) is 0.187. The van der Waals surface area contributed by atoms with E-state index in [2.05, 4.69) is 158 Å². The van der Waals surface area contributed by atoms with Crippen molar-refractivity contribution in [2.45, 2.75) is 0 Å². The fourth-order valence-electron chi connectivity index (χ4n) is 7.13. The van der Waals surface area contributed by atoms with Crippen LogP contribution < -0.4 is 0 Å². The van der Waals surface area contributed by atoms with Gasteiger partial charge in [-0.05, 0) is 73.1 Å². The van der Waals surface area contributed by atoms with Crippen LogP contribution in [0.25, 0.3) is 69.5 Å². The summed E-state index contributed by atoms with van der Waals surface area (Å²) in [4.78, 5) is 0. The molecule has 0 amide bonds. The van der Waals surface area contributed by atoms with Crippen LogP contribution in [0.5, 0.6) is 0 Å². The smallest absolute Gasteiger partial charge is 0.0355 e. The molecule has 43 heavy (non-hydrogen) atoms. The van der Waals surface area contributed by atoms with Crippen LogP contribution in [0.15, 0.2) is 158 Å². The maximum Gasteiger partial charge on any atom is 0.0355 e. The molecular weight excluding hydrogens is 537 g/mol. The van der Waals surface area contributed by atoms with Crippen LogP contribution in [0.2, 0.25) is 0 Å². The van der Waals surface area contributed by atoms with Gasteiger partial charge in [-0.2, -0.15) is 0 Å². The maximum atomic E-state index is 2.41. The van der Waals surface area contributed by atoms with Crippen LogP contribution in [-0.2, 0) is 0 Å². The summed E-state index contributed by atoms with van der Waals surface area (Å²) in [6.45, 7) is 0. The van der Waals surface area contributed by atoms with Crippen molar-refractivity contribution in [3.05, 3.63) is 163 Å². The molecular formula is C42H28S. The molecule has 0 radical (unpaired) electrons. The number of hydrogen-bond acceptors (Lipinski definition) is 1. The van der Waals surface area contributed by atoms with Gasteiger partial charge in [-0.3, -0.25) is 0 Å². The molecule has 0 nitrogen and oxygen atoms in total. The predicted molar refractivity (Wildman–Crippen MR) is 188 cm³/mol. The molecule has 2 aliphatic carbocycles. The van der Waals surface area contributed by atoms with Crippen molar-refractivity contribution >= 4 is 58.6 Å². The highest BCUT2D eigenvalue weighted by Crippen LogP contribution is 2.45. The van der Waals surface area contributed by atoms with E-state index in [1.807, 2.05) is 11.3 Å². The van der Waals surface area contributed by atoms with Gasteiger partial charge < -0.3 is 0 Å². The zero-order chi connectivity index (χ0) is 28.3. The Hall–Kier alpha value is -4.98. The second-order valence-corrected chi connectivity index (χ2v) is 12.7. The molecule has 0 spiro atoms. The van der Waals surface area contributed by atoms with Gasteiger partial charge in [0.2, 0.25) is 0 Å². The summed E-state index contributed by atoms with van der Waals surface area (Å²) >= 11 is 1.87. The largest absolute Gasteiger partial charge is 0.135 e. The van der Waals surface area contributed by atoms with E-state index in [-0.39, 0.29) is 0 Å². The number of rotatable bonds is 3. The van der Waals surface area contributed by atoms with Gasteiger partial charge in [0.1, 0.15) is 0 Å². The Labute approximate surface area is 255 Å². The van der Waals surface area contributed by atoms with Crippen LogP contribution in [0.3, 0.4) is 0 Å². The molecule has 2 atom stereocenters. The van der Waals surface area contributed by atoms with E-state index in [0.717, 1.165) is 0 Å². The lowest BCUT2D eigenvalue weighted by Gasteiger charge is -2.23. The van der Waals surface area contributed by atoms with Gasteiger partial charge in [0.05, 0.1) is 0 Å². The van der Waals surface area contributed by atoms with Gasteiger partial charge >= 0.3 is 0 Å². The molecule has 2 unspecified atom stereocenters. The fourth-order valence-corrected chi connectivity index (χ4v) is 8.22. The monoisotopic (exact) mass is 564 g/mol. The van der Waals surface area contributed by atoms with Crippen molar-refractivity contribution in [1.82, 2.24) is 0 Å². The third-order valence-corrected chi connectivity index (χ3v) is 10.3. The van der Waals surface area contributed by atoms with E-state index in [1.54, 1.807) is 0 Å². The molecule has 0 N–H and O–H groups in total. The zero-order valence-electron chi connectivity index (χ0n) is 23.6. The van der Waals surface area contributed by atoms with E-state index in [4.69, 9.17) is 0 Å². The summed E-state index contributed by atoms with van der Waals surface area (Å²) in [7, 11) is 0. The summed E-state index contributed by atoms with van der Waals surface area (Å²) in [5.41, 5.74) is 7.70. The fraction of sp³-hybridized carbons (Fsp3) is 0.0476. The molecule has 0 bridgehead atoms. The summed E-state index contributed by atoms with van der Waals surface area (Å²) in [5, 5.41) is 7.84. The summed E-state index contributed by atoms with van der Waals surface area (Å²) in [5.74, 6) is 0.917. The average molecular weight is 565 g/mol. The third kappa shape index (κ3) is 3.96. The zero-order valence-corrected chi connectivity index (χ0v) is 24.4. The molecule has 0 saturated carbocycles. The molecule has 6 aromatic carbocycles. The number of thiophene rings is 1. The van der Waals surface area contributed by atoms with E-state index < -0.39 is 0 Å². The first kappa shape index (κ1) is 24.6. The van der Waals surface area contributed by atoms with E-state index in [0.29, 0.717) is 11.8 Å². The van der Waals surface area contributed by atoms with Gasteiger partial charge in [-0.15, -0.1) is 11.3 Å². The summed E-state index contributed by atoms with van der Waals surface area (Å²) < 4.78 is 2.68. The topological polar surface area (TPSA) is 0 Å². The van der Waals surface area contributed by atoms with Crippen LogP contribution in [-0.4, -0.2) is 0 Å². The normalized spacial score (nSPS) is 17.6. The first-order chi connectivity index (χ1) is 21.3. The number of allylic oxidation sites excluding steroid dienone is 8. The van der Waals surface area contributed by atoms with Gasteiger partial charge in [0, 0.05) is 32.0 Å². The molecule has 7 aromatic rings. The molecule has 1 heteroatoms. The highest BCUT2D eigenvalue weighted by Gasteiger charge is 2.20. The molecule has 0 fully saturated rings. The Morgan fingerprint density at radius 1 is 0.419 bits per heavy atom. The van der Waals surface area contributed by atoms with Gasteiger partial charge in [-0.25, -0.2) is 0 Å². The van der Waals surface area contributed by atoms with Crippen molar-refractivity contribution in [3.8, 4) is 22.3 Å². The van der Waals surface area contributed by atoms with Crippen molar-refractivity contribution in [2.75, 3.05) is 0 Å². The minimum Gasteiger partial charge on any atom is -0.135 e. The highest BCUT2D eigenvalue weighted by atomic mass is 32.1. The van der Waals surface area contributed by atoms with Crippen LogP contribution in [0.4, 0.5) is 0 Å². The Bertz CT molecular complexity index is 2280. The third-order valence-electron chi connectivity index (χ3n) is 9.20. The van der Waals surface area contributed by atoms with Crippen molar-refractivity contribution in [1.29, 1.82) is 0 Å². The Morgan fingerprint density at radius 2 is 0.953 bits per heavy atom. The molecule has 0 aliphatic heterocycles. The van der Waals surface area contributed by atoms with Crippen molar-refractivity contribution in [3.63, 3.8) is 0 Å². The molecule has 202 valence electrons. The van der Waals surface area contributed by atoms with Crippen LogP contribution in [0.1, 0.15) is 5.56 Å². The number of benzene rings is 6. The predicted octanol–water partition coefficient (Wildman–Crippen LogP) is 12.0. The van der Waals surface area contributed by atoms with Crippen LogP contribution >= 0.6 is 11.3 Å². The van der Waals surface area contributed by atoms with E-state index in [9.17, 15) is 0 Å². The second-order valence-electron chi connectivity index (χ2n) is 11.6.